The molecule has 0 aliphatic rings. The molecular weight excluding hydrogens is 264 g/mol. The third-order valence-electron chi connectivity index (χ3n) is 2.11. The molecule has 2 aromatic rings. The van der Waals surface area contributed by atoms with Crippen molar-refractivity contribution in [3.8, 4) is 5.75 Å². The van der Waals surface area contributed by atoms with Crippen LogP contribution in [0.4, 0.5) is 0 Å². The van der Waals surface area contributed by atoms with Crippen molar-refractivity contribution in [1.29, 1.82) is 0 Å². The number of aliphatic hydroxyl groups is 1. The minimum atomic E-state index is 0.0112. The van der Waals surface area contributed by atoms with E-state index in [1.54, 1.807) is 5.38 Å². The van der Waals surface area contributed by atoms with E-state index in [4.69, 9.17) is 0 Å². The Balaban J connectivity index is 2.76. The Bertz CT molecular complexity index is 464. The van der Waals surface area contributed by atoms with Gasteiger partial charge in [-0.1, -0.05) is 22.0 Å². The molecule has 1 aromatic heterocycles. The van der Waals surface area contributed by atoms with Gasteiger partial charge in [0.05, 0.1) is 6.61 Å². The summed E-state index contributed by atoms with van der Waals surface area (Å²) in [6.07, 6.45) is 0. The van der Waals surface area contributed by atoms with Crippen LogP contribution >= 0.6 is 27.3 Å². The topological polar surface area (TPSA) is 40.5 Å². The van der Waals surface area contributed by atoms with Crippen molar-refractivity contribution >= 4 is 37.4 Å². The highest BCUT2D eigenvalue weighted by Crippen LogP contribution is 2.35. The lowest BCUT2D eigenvalue weighted by atomic mass is 10.1. The first kappa shape index (κ1) is 9.96. The van der Waals surface area contributed by atoms with Crippen LogP contribution in [-0.2, 0) is 11.9 Å². The van der Waals surface area contributed by atoms with Gasteiger partial charge in [-0.05, 0) is 17.2 Å². The molecule has 0 saturated heterocycles. The molecule has 1 heterocycles. The quantitative estimate of drug-likeness (QED) is 0.826. The van der Waals surface area contributed by atoms with E-state index in [-0.39, 0.29) is 6.61 Å². The highest BCUT2D eigenvalue weighted by Gasteiger charge is 2.08. The van der Waals surface area contributed by atoms with Crippen molar-refractivity contribution in [1.82, 2.24) is 0 Å². The maximum Gasteiger partial charge on any atom is 0.134 e. The minimum absolute atomic E-state index is 0.0112. The summed E-state index contributed by atoms with van der Waals surface area (Å²) >= 11 is 4.82. The Morgan fingerprint density at radius 3 is 2.79 bits per heavy atom. The molecule has 0 amide bonds. The highest BCUT2D eigenvalue weighted by molar-refractivity contribution is 9.08. The van der Waals surface area contributed by atoms with Gasteiger partial charge < -0.3 is 10.2 Å². The van der Waals surface area contributed by atoms with E-state index in [1.165, 1.54) is 11.3 Å². The maximum absolute atomic E-state index is 9.56. The number of benzene rings is 1. The SMILES string of the molecule is OCc1cc(CBr)cc2c(O)csc12. The standard InChI is InChI=1S/C10H9BrO2S/c11-3-6-1-7(4-12)10-8(2-6)9(13)5-14-10/h1-2,5,12-13H,3-4H2. The fraction of sp³-hybridized carbons (Fsp3) is 0.200. The Morgan fingerprint density at radius 2 is 2.14 bits per heavy atom. The van der Waals surface area contributed by atoms with E-state index >= 15 is 0 Å². The van der Waals surface area contributed by atoms with Gasteiger partial charge in [0.2, 0.25) is 0 Å². The summed E-state index contributed by atoms with van der Waals surface area (Å²) in [5.74, 6) is 0.294. The lowest BCUT2D eigenvalue weighted by Gasteiger charge is -2.02. The number of hydrogen-bond donors (Lipinski definition) is 2. The number of hydrogen-bond acceptors (Lipinski definition) is 3. The molecule has 1 aromatic carbocycles. The number of halogens is 1. The molecule has 4 heteroatoms. The van der Waals surface area contributed by atoms with Crippen LogP contribution in [0.3, 0.4) is 0 Å². The Hall–Kier alpha value is -0.580. The van der Waals surface area contributed by atoms with E-state index < -0.39 is 0 Å². The second-order valence-electron chi connectivity index (χ2n) is 3.04. The summed E-state index contributed by atoms with van der Waals surface area (Å²) < 4.78 is 0.967. The van der Waals surface area contributed by atoms with Gasteiger partial charge in [0, 0.05) is 20.8 Å². The van der Waals surface area contributed by atoms with Crippen LogP contribution in [0, 0.1) is 0 Å². The summed E-state index contributed by atoms with van der Waals surface area (Å²) in [7, 11) is 0. The number of rotatable bonds is 2. The van der Waals surface area contributed by atoms with Crippen molar-refractivity contribution < 1.29 is 10.2 Å². The summed E-state index contributed by atoms with van der Waals surface area (Å²) in [4.78, 5) is 0. The first-order valence-corrected chi connectivity index (χ1v) is 6.15. The average Bonchev–Trinajstić information content (AvgIpc) is 2.59. The van der Waals surface area contributed by atoms with E-state index in [0.717, 1.165) is 26.5 Å². The fourth-order valence-corrected chi connectivity index (χ4v) is 2.70. The number of aliphatic hydroxyl groups excluding tert-OH is 1. The summed E-state index contributed by atoms with van der Waals surface area (Å²) in [6, 6.07) is 3.89. The molecule has 0 aliphatic heterocycles. The largest absolute Gasteiger partial charge is 0.506 e. The zero-order valence-corrected chi connectivity index (χ0v) is 9.73. The third-order valence-corrected chi connectivity index (χ3v) is 3.82. The number of thiophene rings is 1. The van der Waals surface area contributed by atoms with Crippen molar-refractivity contribution in [2.75, 3.05) is 0 Å². The minimum Gasteiger partial charge on any atom is -0.506 e. The third kappa shape index (κ3) is 1.54. The predicted octanol–water partition coefficient (Wildman–Crippen LogP) is 2.99. The first-order valence-electron chi connectivity index (χ1n) is 4.15. The van der Waals surface area contributed by atoms with Gasteiger partial charge in [0.15, 0.2) is 0 Å². The lowest BCUT2D eigenvalue weighted by Crippen LogP contribution is -1.86. The number of fused-ring (bicyclic) bond motifs is 1. The van der Waals surface area contributed by atoms with Crippen LogP contribution in [0.2, 0.25) is 0 Å². The van der Waals surface area contributed by atoms with Gasteiger partial charge in [0.25, 0.3) is 0 Å². The summed E-state index contributed by atoms with van der Waals surface area (Å²) in [5.41, 5.74) is 1.94. The van der Waals surface area contributed by atoms with Gasteiger partial charge in [-0.15, -0.1) is 11.3 Å². The second kappa shape index (κ2) is 3.88. The Labute approximate surface area is 93.9 Å². The predicted molar refractivity (Wildman–Crippen MR) is 62.0 cm³/mol. The van der Waals surface area contributed by atoms with Crippen LogP contribution < -0.4 is 0 Å². The molecule has 0 bridgehead atoms. The van der Waals surface area contributed by atoms with Crippen molar-refractivity contribution in [2.24, 2.45) is 0 Å². The van der Waals surface area contributed by atoms with E-state index in [0.29, 0.717) is 5.75 Å². The van der Waals surface area contributed by atoms with E-state index in [2.05, 4.69) is 15.9 Å². The Kier molecular flexibility index (Phi) is 2.76. The number of aromatic hydroxyl groups is 1. The van der Waals surface area contributed by atoms with Crippen LogP contribution in [-0.4, -0.2) is 10.2 Å². The average molecular weight is 273 g/mol. The van der Waals surface area contributed by atoms with Crippen molar-refractivity contribution in [2.45, 2.75) is 11.9 Å². The van der Waals surface area contributed by atoms with Crippen molar-refractivity contribution in [3.05, 3.63) is 28.6 Å². The molecule has 0 unspecified atom stereocenters. The molecule has 2 nitrogen and oxygen atoms in total. The molecule has 0 atom stereocenters. The van der Waals surface area contributed by atoms with E-state index in [9.17, 15) is 10.2 Å². The summed E-state index contributed by atoms with van der Waals surface area (Å²) in [5, 5.41) is 22.0. The molecule has 0 radical (unpaired) electrons. The van der Waals surface area contributed by atoms with E-state index in [1.807, 2.05) is 12.1 Å². The zero-order valence-electron chi connectivity index (χ0n) is 7.33. The smallest absolute Gasteiger partial charge is 0.134 e. The van der Waals surface area contributed by atoms with Crippen molar-refractivity contribution in [3.63, 3.8) is 0 Å². The molecule has 2 N–H and O–H groups in total. The van der Waals surface area contributed by atoms with Gasteiger partial charge in [-0.25, -0.2) is 0 Å². The van der Waals surface area contributed by atoms with Gasteiger partial charge in [0.1, 0.15) is 5.75 Å². The van der Waals surface area contributed by atoms with Crippen LogP contribution in [0.25, 0.3) is 10.1 Å². The van der Waals surface area contributed by atoms with Gasteiger partial charge in [-0.2, -0.15) is 0 Å². The molecule has 74 valence electrons. The molecule has 0 aliphatic carbocycles. The normalized spacial score (nSPS) is 11.0. The maximum atomic E-state index is 9.56. The molecular formula is C10H9BrO2S. The molecule has 0 spiro atoms. The fourth-order valence-electron chi connectivity index (χ4n) is 1.46. The highest BCUT2D eigenvalue weighted by atomic mass is 79.9. The van der Waals surface area contributed by atoms with Gasteiger partial charge >= 0.3 is 0 Å². The lowest BCUT2D eigenvalue weighted by molar-refractivity contribution is 0.283. The second-order valence-corrected chi connectivity index (χ2v) is 4.48. The molecule has 0 fully saturated rings. The summed E-state index contributed by atoms with van der Waals surface area (Å²) in [6.45, 7) is 0.0112. The monoisotopic (exact) mass is 272 g/mol. The molecule has 0 saturated carbocycles. The number of alkyl halides is 1. The Morgan fingerprint density at radius 1 is 1.36 bits per heavy atom. The van der Waals surface area contributed by atoms with Gasteiger partial charge in [-0.3, -0.25) is 0 Å². The van der Waals surface area contributed by atoms with Crippen LogP contribution in [0.1, 0.15) is 11.1 Å². The zero-order chi connectivity index (χ0) is 10.1. The van der Waals surface area contributed by atoms with Crippen LogP contribution in [0.15, 0.2) is 17.5 Å². The molecule has 2 rings (SSSR count). The van der Waals surface area contributed by atoms with Crippen LogP contribution in [0.5, 0.6) is 5.75 Å². The molecule has 14 heavy (non-hydrogen) atoms. The first-order chi connectivity index (χ1) is 6.76.